The summed E-state index contributed by atoms with van der Waals surface area (Å²) in [6.07, 6.45) is 13.2. The molecule has 43 heavy (non-hydrogen) atoms. The van der Waals surface area contributed by atoms with Gasteiger partial charge in [-0.2, -0.15) is 9.97 Å². The zero-order valence-electron chi connectivity index (χ0n) is 24.3. The maximum absolute atomic E-state index is 16.9. The van der Waals surface area contributed by atoms with Crippen LogP contribution in [0.25, 0.3) is 32.8 Å². The van der Waals surface area contributed by atoms with Gasteiger partial charge in [0.05, 0.1) is 23.6 Å². The monoisotopic (exact) mass is 584 g/mol. The fourth-order valence-electron chi connectivity index (χ4n) is 7.40. The van der Waals surface area contributed by atoms with E-state index < -0.39 is 11.6 Å². The third-order valence-corrected chi connectivity index (χ3v) is 9.48. The lowest BCUT2D eigenvalue weighted by Gasteiger charge is -2.32. The lowest BCUT2D eigenvalue weighted by molar-refractivity contribution is 0.108. The molecule has 7 rings (SSSR count). The van der Waals surface area contributed by atoms with Gasteiger partial charge in [0.25, 0.3) is 0 Å². The van der Waals surface area contributed by atoms with Gasteiger partial charge in [0.2, 0.25) is 0 Å². The predicted octanol–water partition coefficient (Wildman–Crippen LogP) is 6.42. The molecule has 3 fully saturated rings. The number of aromatic nitrogens is 2. The maximum atomic E-state index is 16.9. The first-order valence-electron chi connectivity index (χ1n) is 15.1. The van der Waals surface area contributed by atoms with Crippen LogP contribution in [0.15, 0.2) is 30.3 Å². The van der Waals surface area contributed by atoms with Crippen molar-refractivity contribution in [1.29, 1.82) is 0 Å². The molecule has 1 N–H and O–H groups in total. The Morgan fingerprint density at radius 2 is 1.72 bits per heavy atom. The van der Waals surface area contributed by atoms with Crippen LogP contribution in [0.5, 0.6) is 17.5 Å². The van der Waals surface area contributed by atoms with Crippen molar-refractivity contribution in [2.24, 2.45) is 0 Å². The van der Waals surface area contributed by atoms with E-state index in [2.05, 4.69) is 20.7 Å². The molecule has 0 radical (unpaired) electrons. The van der Waals surface area contributed by atoms with Crippen LogP contribution in [0.3, 0.4) is 0 Å². The number of rotatable bonds is 6. The minimum Gasteiger partial charge on any atom is -0.508 e. The summed E-state index contributed by atoms with van der Waals surface area (Å²) >= 11 is 0. The number of hydrogen-bond donors (Lipinski definition) is 1. The number of hydrogen-bond acceptors (Lipinski definition) is 7. The van der Waals surface area contributed by atoms with Gasteiger partial charge in [-0.05, 0) is 93.3 Å². The molecule has 0 atom stereocenters. The third-order valence-electron chi connectivity index (χ3n) is 9.48. The Balaban J connectivity index is 1.44. The van der Waals surface area contributed by atoms with E-state index in [4.69, 9.17) is 20.9 Å². The van der Waals surface area contributed by atoms with Crippen LogP contribution in [0, 0.1) is 24.0 Å². The van der Waals surface area contributed by atoms with Crippen LogP contribution in [-0.2, 0) is 0 Å². The quantitative estimate of drug-likeness (QED) is 0.262. The molecule has 222 valence electrons. The van der Waals surface area contributed by atoms with Crippen LogP contribution in [0.1, 0.15) is 50.5 Å². The Hall–Kier alpha value is -4.16. The summed E-state index contributed by atoms with van der Waals surface area (Å²) in [5.41, 5.74) is 0.328. The molecule has 0 bridgehead atoms. The van der Waals surface area contributed by atoms with Crippen molar-refractivity contribution in [3.63, 3.8) is 0 Å². The van der Waals surface area contributed by atoms with E-state index in [0.717, 1.165) is 71.1 Å². The zero-order chi connectivity index (χ0) is 29.7. The number of phenolic OH excluding ortho intramolecular Hbond substituents is 1. The number of nitrogens with zero attached hydrogens (tertiary/aromatic N) is 4. The molecule has 0 aliphatic carbocycles. The third kappa shape index (κ3) is 4.60. The standard InChI is InChI=1S/C34H34F2N4O3/c1-3-23-26(35)10-9-21-17-22(41)18-24(28(21)23)25-19-27(42-2)29-31(30(25)36)37-33(38-32(29)39-13-5-4-6-14-39)43-20-34-11-7-15-40(34)16-8-12-34/h1,9-10,17-19,41H,4-8,11-16,20H2,2H3. The SMILES string of the molecule is C#Cc1c(F)ccc2cc(O)cc(-c3cc(OC)c4c(N5CCCCC5)nc(OCC56CCCN5CCC6)nc4c3F)c12. The molecule has 3 aliphatic heterocycles. The average Bonchev–Trinajstić information content (AvgIpc) is 3.61. The number of phenols is 1. The average molecular weight is 585 g/mol. The van der Waals surface area contributed by atoms with Gasteiger partial charge in [-0.15, -0.1) is 6.42 Å². The first kappa shape index (κ1) is 27.7. The summed E-state index contributed by atoms with van der Waals surface area (Å²) in [7, 11) is 1.52. The summed E-state index contributed by atoms with van der Waals surface area (Å²) in [6.45, 7) is 4.12. The fourth-order valence-corrected chi connectivity index (χ4v) is 7.40. The van der Waals surface area contributed by atoms with Crippen LogP contribution in [-0.4, -0.2) is 65.4 Å². The number of piperidine rings is 1. The Labute approximate surface area is 249 Å². The highest BCUT2D eigenvalue weighted by Crippen LogP contribution is 2.45. The van der Waals surface area contributed by atoms with Crippen molar-refractivity contribution in [2.75, 3.05) is 44.8 Å². The zero-order valence-corrected chi connectivity index (χ0v) is 24.3. The molecule has 9 heteroatoms. The maximum Gasteiger partial charge on any atom is 0.319 e. The first-order chi connectivity index (χ1) is 20.9. The summed E-state index contributed by atoms with van der Waals surface area (Å²) in [6, 6.07) is 7.31. The molecule has 3 aliphatic rings. The Morgan fingerprint density at radius 3 is 2.44 bits per heavy atom. The number of anilines is 1. The molecule has 0 spiro atoms. The van der Waals surface area contributed by atoms with E-state index in [-0.39, 0.29) is 39.5 Å². The summed E-state index contributed by atoms with van der Waals surface area (Å²) in [5.74, 6) is 1.99. The normalized spacial score (nSPS) is 18.2. The van der Waals surface area contributed by atoms with Gasteiger partial charge in [-0.1, -0.05) is 12.0 Å². The van der Waals surface area contributed by atoms with Gasteiger partial charge >= 0.3 is 6.01 Å². The molecule has 7 nitrogen and oxygen atoms in total. The van der Waals surface area contributed by atoms with Crippen LogP contribution >= 0.6 is 0 Å². The topological polar surface area (TPSA) is 71.0 Å². The number of methoxy groups -OCH3 is 1. The fraction of sp³-hybridized carbons (Fsp3) is 0.412. The highest BCUT2D eigenvalue weighted by molar-refractivity contribution is 6.05. The predicted molar refractivity (Wildman–Crippen MR) is 163 cm³/mol. The second kappa shape index (κ2) is 10.8. The number of fused-ring (bicyclic) bond motifs is 3. The Kier molecular flexibility index (Phi) is 6.97. The van der Waals surface area contributed by atoms with Crippen molar-refractivity contribution in [3.05, 3.63) is 47.5 Å². The molecule has 0 unspecified atom stereocenters. The molecular weight excluding hydrogens is 550 g/mol. The van der Waals surface area contributed by atoms with Crippen molar-refractivity contribution in [3.8, 4) is 41.0 Å². The smallest absolute Gasteiger partial charge is 0.319 e. The van der Waals surface area contributed by atoms with Gasteiger partial charge in [0, 0.05) is 24.0 Å². The molecule has 0 amide bonds. The van der Waals surface area contributed by atoms with E-state index in [9.17, 15) is 9.50 Å². The Morgan fingerprint density at radius 1 is 0.953 bits per heavy atom. The number of terminal acetylenes is 1. The number of ether oxygens (including phenoxy) is 2. The van der Waals surface area contributed by atoms with Gasteiger partial charge in [0.1, 0.15) is 35.3 Å². The van der Waals surface area contributed by atoms with Gasteiger partial charge < -0.3 is 19.5 Å². The van der Waals surface area contributed by atoms with E-state index in [1.807, 2.05) is 0 Å². The van der Waals surface area contributed by atoms with E-state index in [0.29, 0.717) is 34.3 Å². The molecule has 3 saturated heterocycles. The largest absolute Gasteiger partial charge is 0.508 e. The highest BCUT2D eigenvalue weighted by Gasteiger charge is 2.45. The van der Waals surface area contributed by atoms with Crippen LogP contribution in [0.4, 0.5) is 14.6 Å². The molecule has 1 aromatic heterocycles. The summed E-state index contributed by atoms with van der Waals surface area (Å²) < 4.78 is 43.9. The van der Waals surface area contributed by atoms with E-state index in [1.54, 1.807) is 6.07 Å². The van der Waals surface area contributed by atoms with Crippen molar-refractivity contribution < 1.29 is 23.4 Å². The van der Waals surface area contributed by atoms with Crippen LogP contribution in [0.2, 0.25) is 0 Å². The molecule has 4 aromatic rings. The van der Waals surface area contributed by atoms with Crippen molar-refractivity contribution in [2.45, 2.75) is 50.5 Å². The molecular formula is C34H34F2N4O3. The number of aromatic hydroxyl groups is 1. The lowest BCUT2D eigenvalue weighted by Crippen LogP contribution is -2.43. The van der Waals surface area contributed by atoms with E-state index >= 15 is 4.39 Å². The summed E-state index contributed by atoms with van der Waals surface area (Å²) in [4.78, 5) is 14.2. The summed E-state index contributed by atoms with van der Waals surface area (Å²) in [5, 5.41) is 11.8. The second-order valence-electron chi connectivity index (χ2n) is 11.9. The second-order valence-corrected chi connectivity index (χ2v) is 11.9. The van der Waals surface area contributed by atoms with Gasteiger partial charge in [0.15, 0.2) is 5.82 Å². The van der Waals surface area contributed by atoms with E-state index in [1.165, 1.54) is 31.4 Å². The van der Waals surface area contributed by atoms with Gasteiger partial charge in [-0.3, -0.25) is 4.90 Å². The molecule has 0 saturated carbocycles. The number of halogens is 2. The molecule has 4 heterocycles. The first-order valence-corrected chi connectivity index (χ1v) is 15.1. The minimum atomic E-state index is -0.651. The van der Waals surface area contributed by atoms with Crippen molar-refractivity contribution in [1.82, 2.24) is 14.9 Å². The molecule has 3 aromatic carbocycles. The van der Waals surface area contributed by atoms with Gasteiger partial charge in [-0.25, -0.2) is 8.78 Å². The highest BCUT2D eigenvalue weighted by atomic mass is 19.1. The van der Waals surface area contributed by atoms with Crippen LogP contribution < -0.4 is 14.4 Å². The Bertz CT molecular complexity index is 1770. The lowest BCUT2D eigenvalue weighted by atomic mass is 9.92. The number of benzene rings is 3. The van der Waals surface area contributed by atoms with Crippen molar-refractivity contribution >= 4 is 27.5 Å². The minimum absolute atomic E-state index is 0.0105.